The Morgan fingerprint density at radius 3 is 2.67 bits per heavy atom. The molecule has 0 spiro atoms. The van der Waals surface area contributed by atoms with Gasteiger partial charge in [0.05, 0.1) is 6.10 Å². The second-order valence-electron chi connectivity index (χ2n) is 6.20. The molecule has 0 saturated carbocycles. The first kappa shape index (κ1) is 16.0. The molecule has 6 nitrogen and oxygen atoms in total. The molecule has 21 heavy (non-hydrogen) atoms. The molecular weight excluding hydrogens is 266 g/mol. The van der Waals surface area contributed by atoms with Gasteiger partial charge in [-0.15, -0.1) is 0 Å². The number of aliphatic hydroxyl groups is 1. The van der Waals surface area contributed by atoms with E-state index in [4.69, 9.17) is 0 Å². The Hall–Kier alpha value is -1.40. The lowest BCUT2D eigenvalue weighted by molar-refractivity contribution is 0.0957. The van der Waals surface area contributed by atoms with Crippen molar-refractivity contribution in [1.29, 1.82) is 0 Å². The molecule has 0 bridgehead atoms. The molecule has 1 saturated heterocycles. The lowest BCUT2D eigenvalue weighted by Gasteiger charge is -2.40. The summed E-state index contributed by atoms with van der Waals surface area (Å²) in [5.74, 6) is 1.75. The summed E-state index contributed by atoms with van der Waals surface area (Å²) in [6, 6.07) is 2.39. The molecule has 0 aliphatic carbocycles. The Morgan fingerprint density at radius 1 is 1.38 bits per heavy atom. The Balaban J connectivity index is 2.10. The molecular formula is C15H27N5O. The molecule has 1 aliphatic heterocycles. The quantitative estimate of drug-likeness (QED) is 0.884. The third kappa shape index (κ3) is 4.04. The minimum absolute atomic E-state index is 0.283. The number of aryl methyl sites for hydroxylation is 1. The van der Waals surface area contributed by atoms with Gasteiger partial charge in [0.25, 0.3) is 0 Å². The minimum atomic E-state index is -0.283. The highest BCUT2D eigenvalue weighted by Crippen LogP contribution is 2.19. The van der Waals surface area contributed by atoms with Crippen LogP contribution in [0.5, 0.6) is 0 Å². The van der Waals surface area contributed by atoms with Crippen LogP contribution in [0, 0.1) is 6.92 Å². The Kier molecular flexibility index (Phi) is 5.00. The van der Waals surface area contributed by atoms with Gasteiger partial charge in [-0.05, 0) is 20.8 Å². The fraction of sp³-hybridized carbons (Fsp3) is 0.733. The zero-order chi connectivity index (χ0) is 15.6. The predicted molar refractivity (Wildman–Crippen MR) is 86.0 cm³/mol. The third-order valence-corrected chi connectivity index (χ3v) is 3.83. The average molecular weight is 293 g/mol. The molecule has 6 heteroatoms. The molecule has 0 radical (unpaired) electrons. The summed E-state index contributed by atoms with van der Waals surface area (Å²) in [4.78, 5) is 15.8. The summed E-state index contributed by atoms with van der Waals surface area (Å²) < 4.78 is 0. The topological polar surface area (TPSA) is 55.7 Å². The fourth-order valence-corrected chi connectivity index (χ4v) is 2.69. The van der Waals surface area contributed by atoms with Crippen LogP contribution in [0.4, 0.5) is 11.8 Å². The number of aliphatic hydroxyl groups excluding tert-OH is 1. The molecule has 1 aliphatic rings. The highest BCUT2D eigenvalue weighted by molar-refractivity contribution is 5.45. The van der Waals surface area contributed by atoms with E-state index in [1.54, 1.807) is 0 Å². The minimum Gasteiger partial charge on any atom is -0.392 e. The molecule has 2 unspecified atom stereocenters. The van der Waals surface area contributed by atoms with Crippen LogP contribution in [0.1, 0.15) is 19.5 Å². The molecule has 2 heterocycles. The highest BCUT2D eigenvalue weighted by atomic mass is 16.3. The van der Waals surface area contributed by atoms with Crippen LogP contribution < -0.4 is 9.80 Å². The van der Waals surface area contributed by atoms with Gasteiger partial charge in [-0.2, -0.15) is 4.98 Å². The van der Waals surface area contributed by atoms with E-state index in [0.717, 1.165) is 43.6 Å². The van der Waals surface area contributed by atoms with Gasteiger partial charge in [-0.1, -0.05) is 0 Å². The molecule has 0 amide bonds. The first-order valence-corrected chi connectivity index (χ1v) is 7.57. The van der Waals surface area contributed by atoms with E-state index in [0.29, 0.717) is 6.04 Å². The Morgan fingerprint density at radius 2 is 2.10 bits per heavy atom. The van der Waals surface area contributed by atoms with Crippen LogP contribution in [0.2, 0.25) is 0 Å². The van der Waals surface area contributed by atoms with Crippen molar-refractivity contribution in [3.63, 3.8) is 0 Å². The summed E-state index contributed by atoms with van der Waals surface area (Å²) in [5.41, 5.74) is 0.989. The largest absolute Gasteiger partial charge is 0.392 e. The molecule has 0 aromatic carbocycles. The number of hydrogen-bond acceptors (Lipinski definition) is 6. The van der Waals surface area contributed by atoms with Crippen molar-refractivity contribution in [3.8, 4) is 0 Å². The predicted octanol–water partition coefficient (Wildman–Crippen LogP) is 0.742. The van der Waals surface area contributed by atoms with Gasteiger partial charge in [0.2, 0.25) is 5.95 Å². The summed E-state index contributed by atoms with van der Waals surface area (Å²) in [6.07, 6.45) is -0.283. The van der Waals surface area contributed by atoms with E-state index in [9.17, 15) is 5.11 Å². The van der Waals surface area contributed by atoms with Crippen LogP contribution in [0.15, 0.2) is 6.07 Å². The number of aromatic nitrogens is 2. The summed E-state index contributed by atoms with van der Waals surface area (Å²) in [6.45, 7) is 9.48. The molecule has 1 N–H and O–H groups in total. The summed E-state index contributed by atoms with van der Waals surface area (Å²) in [7, 11) is 3.99. The number of rotatable bonds is 4. The molecule has 2 rings (SSSR count). The molecule has 1 fully saturated rings. The van der Waals surface area contributed by atoms with Crippen LogP contribution in [-0.4, -0.2) is 72.4 Å². The van der Waals surface area contributed by atoms with Gasteiger partial charge in [-0.3, -0.25) is 4.90 Å². The lowest BCUT2D eigenvalue weighted by atomic mass is 10.2. The number of nitrogens with zero attached hydrogens (tertiary/aromatic N) is 5. The van der Waals surface area contributed by atoms with Gasteiger partial charge < -0.3 is 14.9 Å². The van der Waals surface area contributed by atoms with Crippen LogP contribution >= 0.6 is 0 Å². The number of anilines is 2. The van der Waals surface area contributed by atoms with Gasteiger partial charge in [0, 0.05) is 58.1 Å². The SMILES string of the molecule is Cc1cc(N(C)C)nc(N2CCN(CC(C)O)C(C)C2)n1. The number of piperazine rings is 1. The van der Waals surface area contributed by atoms with Crippen molar-refractivity contribution >= 4 is 11.8 Å². The zero-order valence-corrected chi connectivity index (χ0v) is 13.7. The van der Waals surface area contributed by atoms with Crippen LogP contribution in [0.25, 0.3) is 0 Å². The molecule has 2 atom stereocenters. The zero-order valence-electron chi connectivity index (χ0n) is 13.7. The number of hydrogen-bond donors (Lipinski definition) is 1. The van der Waals surface area contributed by atoms with Gasteiger partial charge >= 0.3 is 0 Å². The van der Waals surface area contributed by atoms with E-state index in [-0.39, 0.29) is 6.10 Å². The van der Waals surface area contributed by atoms with Crippen molar-refractivity contribution < 1.29 is 5.11 Å². The van der Waals surface area contributed by atoms with Crippen molar-refractivity contribution in [2.75, 3.05) is 50.1 Å². The second kappa shape index (κ2) is 6.58. The smallest absolute Gasteiger partial charge is 0.227 e. The maximum atomic E-state index is 9.55. The second-order valence-corrected chi connectivity index (χ2v) is 6.20. The maximum absolute atomic E-state index is 9.55. The van der Waals surface area contributed by atoms with Crippen LogP contribution in [-0.2, 0) is 0 Å². The Bertz CT molecular complexity index is 477. The average Bonchev–Trinajstić information content (AvgIpc) is 2.39. The van der Waals surface area contributed by atoms with Crippen molar-refractivity contribution in [1.82, 2.24) is 14.9 Å². The van der Waals surface area contributed by atoms with E-state index < -0.39 is 0 Å². The maximum Gasteiger partial charge on any atom is 0.227 e. The fourth-order valence-electron chi connectivity index (χ4n) is 2.69. The van der Waals surface area contributed by atoms with E-state index >= 15 is 0 Å². The van der Waals surface area contributed by atoms with Crippen molar-refractivity contribution in [2.24, 2.45) is 0 Å². The van der Waals surface area contributed by atoms with Gasteiger partial charge in [-0.25, -0.2) is 4.98 Å². The first-order chi connectivity index (χ1) is 9.86. The summed E-state index contributed by atoms with van der Waals surface area (Å²) >= 11 is 0. The molecule has 1 aromatic heterocycles. The highest BCUT2D eigenvalue weighted by Gasteiger charge is 2.26. The standard InChI is InChI=1S/C15H27N5O/c1-11-8-14(18(4)5)17-15(16-11)20-7-6-19(10-13(3)21)12(2)9-20/h8,12-13,21H,6-7,9-10H2,1-5H3. The third-order valence-electron chi connectivity index (χ3n) is 3.83. The van der Waals surface area contributed by atoms with Gasteiger partial charge in [0.15, 0.2) is 0 Å². The summed E-state index contributed by atoms with van der Waals surface area (Å²) in [5, 5.41) is 9.55. The lowest BCUT2D eigenvalue weighted by Crippen LogP contribution is -2.54. The number of β-amino-alcohol motifs (C(OH)–C–C–N with tert-alkyl or cyclic N) is 1. The van der Waals surface area contributed by atoms with Crippen molar-refractivity contribution in [3.05, 3.63) is 11.8 Å². The Labute approximate surface area is 127 Å². The normalized spacial score (nSPS) is 21.4. The van der Waals surface area contributed by atoms with Crippen molar-refractivity contribution in [2.45, 2.75) is 32.9 Å². The monoisotopic (exact) mass is 293 g/mol. The van der Waals surface area contributed by atoms with E-state index in [1.807, 2.05) is 38.9 Å². The first-order valence-electron chi connectivity index (χ1n) is 7.57. The molecule has 1 aromatic rings. The van der Waals surface area contributed by atoms with Crippen LogP contribution in [0.3, 0.4) is 0 Å². The molecule has 118 valence electrons. The van der Waals surface area contributed by atoms with E-state index in [2.05, 4.69) is 26.7 Å². The van der Waals surface area contributed by atoms with E-state index in [1.165, 1.54) is 0 Å². The van der Waals surface area contributed by atoms with Gasteiger partial charge in [0.1, 0.15) is 5.82 Å².